The standard InChI is InChI=1S/C99H52B3F16N5O4S2/c1-45-29-31-82-50(33-45)95-97(128-82)101-52-41-54-76(43-72(52)122(93-68(115)25-11-26-69(93)116)74-35-47(37-78(126-95)84(74)101)119(87-56(103)13-5-14-57(87)104)88-58(105)15-6-16-59(88)106)124-80-39-49(121(91-64(111)21-9-22-65(91)112)92-66(113)23-10-24-67(92)114)40-81-86(80)100(54)55-42-53-73(44-77(55)125-81)123(94-70(117)27-12-28-71(94)118)75-36-48(120(89-60(107)17-7-18-61(89)108)90-62(109)19-8-20-63(90)110)38-79-85(75)102(53)98-96(127-79)51-34-46(99(2,3)4)30-32-83(51)129-98/h5-44H,1-4H3. The number of nitrogens with zero attached hydrogens (tertiary/aromatic N) is 5. The lowest BCUT2D eigenvalue weighted by molar-refractivity contribution is 0.464. The van der Waals surface area contributed by atoms with E-state index in [1.54, 1.807) is 12.1 Å². The van der Waals surface area contributed by atoms with Crippen LogP contribution in [0.3, 0.4) is 0 Å². The van der Waals surface area contributed by atoms with Gasteiger partial charge in [0.1, 0.15) is 185 Å². The second kappa shape index (κ2) is 28.8. The summed E-state index contributed by atoms with van der Waals surface area (Å²) >= 11 is 2.58. The predicted molar refractivity (Wildman–Crippen MR) is 473 cm³/mol. The lowest BCUT2D eigenvalue weighted by Gasteiger charge is -2.43. The average molecular weight is 1780 g/mol. The molecule has 0 atom stereocenters. The summed E-state index contributed by atoms with van der Waals surface area (Å²) in [6, 6.07) is 48.0. The van der Waals surface area contributed by atoms with E-state index in [9.17, 15) is 0 Å². The van der Waals surface area contributed by atoms with Gasteiger partial charge in [-0.25, -0.2) is 70.2 Å². The van der Waals surface area contributed by atoms with Crippen LogP contribution in [0.15, 0.2) is 243 Å². The first-order chi connectivity index (χ1) is 62.1. The Bertz CT molecular complexity index is 7530. The molecule has 30 heteroatoms. The molecule has 0 fully saturated rings. The van der Waals surface area contributed by atoms with E-state index in [1.807, 2.05) is 64.1 Å². The second-order valence-corrected chi connectivity index (χ2v) is 35.2. The van der Waals surface area contributed by atoms with E-state index in [-0.39, 0.29) is 107 Å². The van der Waals surface area contributed by atoms with E-state index >= 15 is 70.2 Å². The van der Waals surface area contributed by atoms with Gasteiger partial charge in [-0.2, -0.15) is 0 Å². The molecule has 0 unspecified atom stereocenters. The zero-order valence-electron chi connectivity index (χ0n) is 67.1. The Kier molecular flexibility index (Phi) is 17.6. The van der Waals surface area contributed by atoms with Gasteiger partial charge in [0.2, 0.25) is 0 Å². The maximum atomic E-state index is 18.0. The van der Waals surface area contributed by atoms with E-state index in [2.05, 4.69) is 0 Å². The second-order valence-electron chi connectivity index (χ2n) is 33.0. The number of para-hydroxylation sites is 8. The van der Waals surface area contributed by atoms with Crippen molar-refractivity contribution in [3.63, 3.8) is 0 Å². The zero-order chi connectivity index (χ0) is 88.8. The van der Waals surface area contributed by atoms with Crippen molar-refractivity contribution in [2.24, 2.45) is 0 Å². The van der Waals surface area contributed by atoms with Crippen LogP contribution in [-0.4, -0.2) is 20.1 Å². The van der Waals surface area contributed by atoms with Crippen LogP contribution in [0.2, 0.25) is 0 Å². The Labute approximate surface area is 731 Å². The normalized spacial score (nSPS) is 13.3. The number of thiophene rings is 2. The minimum absolute atomic E-state index is 0.0872. The molecule has 0 saturated heterocycles. The molecule has 9 nitrogen and oxygen atoms in total. The molecule has 0 aliphatic carbocycles. The van der Waals surface area contributed by atoms with Gasteiger partial charge in [-0.3, -0.25) is 14.7 Å². The molecule has 15 aromatic carbocycles. The number of rotatable bonds is 11. The van der Waals surface area contributed by atoms with Crippen LogP contribution >= 0.6 is 22.7 Å². The number of anilines is 15. The summed E-state index contributed by atoms with van der Waals surface area (Å²) in [5.74, 6) is -21.1. The first-order valence-corrected chi connectivity index (χ1v) is 42.0. The fourth-order valence-electron chi connectivity index (χ4n) is 19.0. The first-order valence-electron chi connectivity index (χ1n) is 40.4. The zero-order valence-corrected chi connectivity index (χ0v) is 68.7. The van der Waals surface area contributed by atoms with Gasteiger partial charge in [0.25, 0.3) is 20.1 Å². The third-order valence-corrected chi connectivity index (χ3v) is 26.9. The summed E-state index contributed by atoms with van der Waals surface area (Å²) in [4.78, 5) is 4.26. The van der Waals surface area contributed by atoms with Gasteiger partial charge < -0.3 is 28.7 Å². The van der Waals surface area contributed by atoms with Crippen molar-refractivity contribution in [2.45, 2.75) is 33.1 Å². The van der Waals surface area contributed by atoms with Gasteiger partial charge in [0, 0.05) is 94.3 Å². The predicted octanol–water partition coefficient (Wildman–Crippen LogP) is 23.9. The van der Waals surface area contributed by atoms with Gasteiger partial charge in [0.05, 0.1) is 17.1 Å². The molecular formula is C99H52B3F16N5O4S2. The molecule has 0 N–H and O–H groups in total. The van der Waals surface area contributed by atoms with Gasteiger partial charge in [-0.1, -0.05) is 99.1 Å². The third-order valence-electron chi connectivity index (χ3n) is 24.5. The van der Waals surface area contributed by atoms with Crippen LogP contribution in [-0.2, 0) is 5.41 Å². The molecule has 8 heterocycles. The van der Waals surface area contributed by atoms with Crippen molar-refractivity contribution >= 4 is 196 Å². The Morgan fingerprint density at radius 2 is 0.574 bits per heavy atom. The molecule has 6 aliphatic heterocycles. The summed E-state index contributed by atoms with van der Waals surface area (Å²) in [6.07, 6.45) is 0. The molecule has 2 aromatic heterocycles. The number of benzene rings is 15. The van der Waals surface area contributed by atoms with Crippen LogP contribution in [0.25, 0.3) is 20.2 Å². The molecule has 6 aliphatic rings. The molecule has 630 valence electrons. The van der Waals surface area contributed by atoms with E-state index in [1.165, 1.54) is 71.2 Å². The number of hydrogen-bond acceptors (Lipinski definition) is 11. The highest BCUT2D eigenvalue weighted by molar-refractivity contribution is 7.34. The van der Waals surface area contributed by atoms with E-state index in [4.69, 9.17) is 18.9 Å². The van der Waals surface area contributed by atoms with Gasteiger partial charge in [-0.15, -0.1) is 22.7 Å². The van der Waals surface area contributed by atoms with Crippen molar-refractivity contribution in [1.82, 2.24) is 0 Å². The van der Waals surface area contributed by atoms with Crippen LogP contribution in [0.1, 0.15) is 31.9 Å². The van der Waals surface area contributed by atoms with E-state index in [0.717, 1.165) is 167 Å². The highest BCUT2D eigenvalue weighted by Crippen LogP contribution is 2.56. The largest absolute Gasteiger partial charge is 0.458 e. The maximum Gasteiger partial charge on any atom is 0.268 e. The quantitative estimate of drug-likeness (QED) is 0.0931. The lowest BCUT2D eigenvalue weighted by Crippen LogP contribution is -2.64. The van der Waals surface area contributed by atoms with Crippen LogP contribution in [0, 0.1) is 100.0 Å². The molecule has 0 amide bonds. The number of ether oxygens (including phenoxy) is 4. The maximum absolute atomic E-state index is 18.0. The number of fused-ring (bicyclic) bond motifs is 16. The monoisotopic (exact) mass is 1780 g/mol. The first kappa shape index (κ1) is 79.2. The Morgan fingerprint density at radius 3 is 0.899 bits per heavy atom. The van der Waals surface area contributed by atoms with E-state index < -0.39 is 181 Å². The summed E-state index contributed by atoms with van der Waals surface area (Å²) in [5.41, 5.74) is -6.81. The van der Waals surface area contributed by atoms with Gasteiger partial charge in [0.15, 0.2) is 0 Å². The Hall–Kier alpha value is -14.5. The molecule has 17 aromatic rings. The molecular weight excluding hydrogens is 1720 g/mol. The minimum atomic E-state index is -1.33. The van der Waals surface area contributed by atoms with Crippen molar-refractivity contribution in [1.29, 1.82) is 0 Å². The third kappa shape index (κ3) is 11.8. The number of hydrogen-bond donors (Lipinski definition) is 0. The van der Waals surface area contributed by atoms with E-state index in [0.29, 0.717) is 44.4 Å². The molecule has 0 radical (unpaired) electrons. The van der Waals surface area contributed by atoms with Gasteiger partial charge >= 0.3 is 0 Å². The Morgan fingerprint density at radius 1 is 0.279 bits per heavy atom. The van der Waals surface area contributed by atoms with Gasteiger partial charge in [-0.05, 0) is 184 Å². The number of aryl methyl sites for hydroxylation is 1. The van der Waals surface area contributed by atoms with Crippen molar-refractivity contribution in [3.05, 3.63) is 347 Å². The molecule has 23 rings (SSSR count). The number of halogens is 16. The summed E-state index contributed by atoms with van der Waals surface area (Å²) < 4.78 is 307. The van der Waals surface area contributed by atoms with Crippen molar-refractivity contribution < 1.29 is 89.2 Å². The average Bonchev–Trinajstić information content (AvgIpc) is 1.68. The van der Waals surface area contributed by atoms with Crippen LogP contribution in [0.4, 0.5) is 156 Å². The summed E-state index contributed by atoms with van der Waals surface area (Å²) in [5, 5.41) is 1.11. The molecule has 0 spiro atoms. The molecule has 0 saturated carbocycles. The fraction of sp³-hybridized carbons (Fsp3) is 0.0505. The molecule has 129 heavy (non-hydrogen) atoms. The SMILES string of the molecule is Cc1ccc2sc3c(c2c1)Oc1cc(N(c2c(F)cccc2F)c2c(F)cccc2F)cc2c1B3c1cc3c(cc1N2c1c(F)cccc1F)Oc1cc(N(c2c(F)cccc2F)c2c(F)cccc2F)cc2c1B3c1cc3c(cc1O2)N(c1c(F)cccc1F)c1cc(N(c2c(F)cccc2F)c2c(F)cccc2F)cc2c1B3c1sc3ccc(C(C)(C)C)cc3c1O2. The lowest BCUT2D eigenvalue weighted by atomic mass is 9.31. The highest BCUT2D eigenvalue weighted by atomic mass is 32.1. The van der Waals surface area contributed by atoms with Crippen molar-refractivity contribution in [3.8, 4) is 46.0 Å². The smallest absolute Gasteiger partial charge is 0.268 e. The molecule has 0 bridgehead atoms. The summed E-state index contributed by atoms with van der Waals surface area (Å²) in [7, 11) is 0. The fourth-order valence-corrected chi connectivity index (χ4v) is 21.5. The summed E-state index contributed by atoms with van der Waals surface area (Å²) in [6.45, 7) is 4.24. The minimum Gasteiger partial charge on any atom is -0.458 e. The highest BCUT2D eigenvalue weighted by Gasteiger charge is 2.53. The Balaban J connectivity index is 0.836. The topological polar surface area (TPSA) is 53.1 Å². The van der Waals surface area contributed by atoms with Crippen LogP contribution in [0.5, 0.6) is 46.0 Å². The van der Waals surface area contributed by atoms with Crippen LogP contribution < -0.4 is 91.2 Å². The van der Waals surface area contributed by atoms with Crippen molar-refractivity contribution in [2.75, 3.05) is 24.5 Å².